The summed E-state index contributed by atoms with van der Waals surface area (Å²) in [6.07, 6.45) is 0. The van der Waals surface area contributed by atoms with Crippen molar-refractivity contribution in [3.05, 3.63) is 186 Å². The second-order valence-electron chi connectivity index (χ2n) is 14.6. The molecular formula is C48H39N. The third-order valence-corrected chi connectivity index (χ3v) is 11.1. The van der Waals surface area contributed by atoms with Crippen LogP contribution < -0.4 is 4.90 Å². The van der Waals surface area contributed by atoms with E-state index in [2.05, 4.69) is 196 Å². The van der Waals surface area contributed by atoms with E-state index in [-0.39, 0.29) is 10.8 Å². The zero-order chi connectivity index (χ0) is 33.3. The highest BCUT2D eigenvalue weighted by molar-refractivity contribution is 5.93. The molecule has 0 fully saturated rings. The Kier molecular flexibility index (Phi) is 6.58. The van der Waals surface area contributed by atoms with Crippen molar-refractivity contribution in [2.45, 2.75) is 38.5 Å². The van der Waals surface area contributed by atoms with Gasteiger partial charge in [-0.1, -0.05) is 155 Å². The lowest BCUT2D eigenvalue weighted by Crippen LogP contribution is -2.16. The number of benzene rings is 7. The average molecular weight is 630 g/mol. The molecule has 0 atom stereocenters. The van der Waals surface area contributed by atoms with Crippen molar-refractivity contribution in [2.24, 2.45) is 0 Å². The summed E-state index contributed by atoms with van der Waals surface area (Å²) >= 11 is 0. The molecular weight excluding hydrogens is 591 g/mol. The number of para-hydroxylation sites is 1. The summed E-state index contributed by atoms with van der Waals surface area (Å²) in [4.78, 5) is 2.39. The van der Waals surface area contributed by atoms with Gasteiger partial charge in [-0.2, -0.15) is 0 Å². The molecule has 9 rings (SSSR count). The van der Waals surface area contributed by atoms with Crippen LogP contribution in [0.5, 0.6) is 0 Å². The number of nitrogens with zero attached hydrogens (tertiary/aromatic N) is 1. The number of rotatable bonds is 5. The van der Waals surface area contributed by atoms with Crippen LogP contribution in [0.25, 0.3) is 44.5 Å². The summed E-state index contributed by atoms with van der Waals surface area (Å²) in [6.45, 7) is 9.44. The van der Waals surface area contributed by atoms with Crippen molar-refractivity contribution in [2.75, 3.05) is 4.90 Å². The van der Waals surface area contributed by atoms with Crippen LogP contribution in [0.2, 0.25) is 0 Å². The fourth-order valence-corrected chi connectivity index (χ4v) is 8.69. The Labute approximate surface area is 290 Å². The Hall–Kier alpha value is -5.66. The van der Waals surface area contributed by atoms with Crippen molar-refractivity contribution < 1.29 is 0 Å². The SMILES string of the molecule is CC1(C)c2ccccc2-c2ccc(N(c3ccccc3)c3ccc(-c4ccccc4-c4cccc5c4C(C)(C)c4ccccc4-5)cc3)cc21. The van der Waals surface area contributed by atoms with Gasteiger partial charge >= 0.3 is 0 Å². The van der Waals surface area contributed by atoms with E-state index < -0.39 is 0 Å². The van der Waals surface area contributed by atoms with Crippen LogP contribution in [0.3, 0.4) is 0 Å². The molecule has 0 aromatic heterocycles. The molecule has 7 aromatic rings. The van der Waals surface area contributed by atoms with E-state index in [0.717, 1.165) is 11.4 Å². The smallest absolute Gasteiger partial charge is 0.0465 e. The maximum Gasteiger partial charge on any atom is 0.0465 e. The molecule has 2 aliphatic carbocycles. The highest BCUT2D eigenvalue weighted by Crippen LogP contribution is 2.53. The van der Waals surface area contributed by atoms with Crippen LogP contribution in [-0.4, -0.2) is 0 Å². The molecule has 236 valence electrons. The van der Waals surface area contributed by atoms with E-state index in [9.17, 15) is 0 Å². The molecule has 0 amide bonds. The predicted molar refractivity (Wildman–Crippen MR) is 207 cm³/mol. The molecule has 0 radical (unpaired) electrons. The summed E-state index contributed by atoms with van der Waals surface area (Å²) in [6, 6.07) is 60.4. The second kappa shape index (κ2) is 10.9. The highest BCUT2D eigenvalue weighted by atomic mass is 15.1. The molecule has 0 heterocycles. The topological polar surface area (TPSA) is 3.24 Å². The van der Waals surface area contributed by atoms with Gasteiger partial charge in [0, 0.05) is 27.9 Å². The van der Waals surface area contributed by atoms with Crippen molar-refractivity contribution in [3.8, 4) is 44.5 Å². The molecule has 0 saturated carbocycles. The molecule has 0 saturated heterocycles. The van der Waals surface area contributed by atoms with Crippen LogP contribution in [0.4, 0.5) is 17.1 Å². The zero-order valence-electron chi connectivity index (χ0n) is 28.5. The van der Waals surface area contributed by atoms with Crippen LogP contribution >= 0.6 is 0 Å². The summed E-state index contributed by atoms with van der Waals surface area (Å²) in [5.41, 5.74) is 19.3. The Balaban J connectivity index is 1.14. The lowest BCUT2D eigenvalue weighted by molar-refractivity contribution is 0.660. The van der Waals surface area contributed by atoms with Crippen molar-refractivity contribution in [1.29, 1.82) is 0 Å². The molecule has 0 N–H and O–H groups in total. The normalized spacial score (nSPS) is 14.4. The van der Waals surface area contributed by atoms with E-state index in [0.29, 0.717) is 0 Å². The third-order valence-electron chi connectivity index (χ3n) is 11.1. The van der Waals surface area contributed by atoms with E-state index in [1.54, 1.807) is 0 Å². The first kappa shape index (κ1) is 29.5. The number of hydrogen-bond donors (Lipinski definition) is 0. The molecule has 49 heavy (non-hydrogen) atoms. The standard InChI is InChI=1S/C48H39N/c1-47(2)43-23-12-10-19-38(43)40-30-29-35(31-45(40)47)49(33-15-6-5-7-16-33)34-27-25-32(26-28-34)36-17-8-9-18-37(36)41-21-14-22-42-39-20-11-13-24-44(39)48(3,4)46(41)42/h5-31H,1-4H3. The average Bonchev–Trinajstić information content (AvgIpc) is 3.52. The third kappa shape index (κ3) is 4.46. The van der Waals surface area contributed by atoms with Gasteiger partial charge < -0.3 is 4.90 Å². The summed E-state index contributed by atoms with van der Waals surface area (Å²) in [5.74, 6) is 0. The van der Waals surface area contributed by atoms with Gasteiger partial charge in [0.2, 0.25) is 0 Å². The second-order valence-corrected chi connectivity index (χ2v) is 14.6. The van der Waals surface area contributed by atoms with Gasteiger partial charge in [0.05, 0.1) is 0 Å². The first-order valence-corrected chi connectivity index (χ1v) is 17.4. The molecule has 0 bridgehead atoms. The van der Waals surface area contributed by atoms with E-state index in [4.69, 9.17) is 0 Å². The predicted octanol–water partition coefficient (Wildman–Crippen LogP) is 13.1. The maximum absolute atomic E-state index is 2.40. The van der Waals surface area contributed by atoms with Gasteiger partial charge in [0.25, 0.3) is 0 Å². The van der Waals surface area contributed by atoms with Crippen LogP contribution in [0.15, 0.2) is 164 Å². The fourth-order valence-electron chi connectivity index (χ4n) is 8.69. The van der Waals surface area contributed by atoms with E-state index in [1.807, 2.05) is 0 Å². The lowest BCUT2D eigenvalue weighted by atomic mass is 9.78. The van der Waals surface area contributed by atoms with Crippen molar-refractivity contribution >= 4 is 17.1 Å². The zero-order valence-corrected chi connectivity index (χ0v) is 28.5. The van der Waals surface area contributed by atoms with E-state index in [1.165, 1.54) is 72.4 Å². The van der Waals surface area contributed by atoms with Crippen LogP contribution in [-0.2, 0) is 10.8 Å². The summed E-state index contributed by atoms with van der Waals surface area (Å²) in [5, 5.41) is 0. The van der Waals surface area contributed by atoms with Crippen LogP contribution in [0.1, 0.15) is 49.9 Å². The Morgan fingerprint density at radius 1 is 0.327 bits per heavy atom. The van der Waals surface area contributed by atoms with Gasteiger partial charge in [0.15, 0.2) is 0 Å². The first-order valence-electron chi connectivity index (χ1n) is 17.4. The minimum Gasteiger partial charge on any atom is -0.310 e. The van der Waals surface area contributed by atoms with Gasteiger partial charge in [0.1, 0.15) is 0 Å². The first-order chi connectivity index (χ1) is 23.8. The van der Waals surface area contributed by atoms with Gasteiger partial charge in [-0.25, -0.2) is 0 Å². The molecule has 1 heteroatoms. The number of hydrogen-bond acceptors (Lipinski definition) is 1. The molecule has 2 aliphatic rings. The van der Waals surface area contributed by atoms with Crippen LogP contribution in [0, 0.1) is 0 Å². The van der Waals surface area contributed by atoms with Gasteiger partial charge in [-0.3, -0.25) is 0 Å². The van der Waals surface area contributed by atoms with Gasteiger partial charge in [-0.05, 0) is 103 Å². The Bertz CT molecular complexity index is 2380. The molecule has 0 unspecified atom stereocenters. The molecule has 7 aromatic carbocycles. The maximum atomic E-state index is 2.40. The minimum absolute atomic E-state index is 0.0641. The van der Waals surface area contributed by atoms with Gasteiger partial charge in [-0.15, -0.1) is 0 Å². The summed E-state index contributed by atoms with van der Waals surface area (Å²) < 4.78 is 0. The molecule has 0 aliphatic heterocycles. The Morgan fingerprint density at radius 2 is 0.796 bits per heavy atom. The Morgan fingerprint density at radius 3 is 1.49 bits per heavy atom. The fraction of sp³-hybridized carbons (Fsp3) is 0.125. The quantitative estimate of drug-likeness (QED) is 0.183. The van der Waals surface area contributed by atoms with E-state index >= 15 is 0 Å². The number of anilines is 3. The largest absolute Gasteiger partial charge is 0.310 e. The number of fused-ring (bicyclic) bond motifs is 6. The highest BCUT2D eigenvalue weighted by Gasteiger charge is 2.38. The molecule has 1 nitrogen and oxygen atoms in total. The minimum atomic E-state index is -0.0819. The molecule has 0 spiro atoms. The lowest BCUT2D eigenvalue weighted by Gasteiger charge is -2.28. The van der Waals surface area contributed by atoms with Crippen molar-refractivity contribution in [3.63, 3.8) is 0 Å². The summed E-state index contributed by atoms with van der Waals surface area (Å²) in [7, 11) is 0. The van der Waals surface area contributed by atoms with Crippen molar-refractivity contribution in [1.82, 2.24) is 0 Å². The monoisotopic (exact) mass is 629 g/mol.